The maximum atomic E-state index is 13.3. The van der Waals surface area contributed by atoms with Gasteiger partial charge >= 0.3 is 0 Å². The van der Waals surface area contributed by atoms with Gasteiger partial charge in [-0.05, 0) is 50.9 Å². The highest BCUT2D eigenvalue weighted by Gasteiger charge is 2.32. The quantitative estimate of drug-likeness (QED) is 0.0395. The molecule has 6 atom stereocenters. The number of Topliss-reactive ketones (excluding diaryl/α,β-unsaturated/α-hetero) is 1. The van der Waals surface area contributed by atoms with E-state index in [-0.39, 0.29) is 49.4 Å². The monoisotopic (exact) mass is 614 g/mol. The van der Waals surface area contributed by atoms with Gasteiger partial charge in [0.15, 0.2) is 11.7 Å². The van der Waals surface area contributed by atoms with Crippen LogP contribution in [-0.2, 0) is 24.0 Å². The lowest BCUT2D eigenvalue weighted by atomic mass is 9.99. The summed E-state index contributed by atoms with van der Waals surface area (Å²) < 4.78 is 0. The van der Waals surface area contributed by atoms with Gasteiger partial charge in [-0.2, -0.15) is 0 Å². The summed E-state index contributed by atoms with van der Waals surface area (Å²) in [7, 11) is 0. The molecule has 248 valence electrons. The average molecular weight is 615 g/mol. The van der Waals surface area contributed by atoms with Gasteiger partial charge in [0.1, 0.15) is 24.2 Å². The van der Waals surface area contributed by atoms with Crippen molar-refractivity contribution in [2.75, 3.05) is 13.2 Å². The van der Waals surface area contributed by atoms with Crippen molar-refractivity contribution in [2.24, 2.45) is 34.0 Å². The summed E-state index contributed by atoms with van der Waals surface area (Å²) in [6.45, 7) is 10.0. The number of carbonyl (C=O) groups excluding carboxylic acids is 5. The van der Waals surface area contributed by atoms with Gasteiger partial charge in [-0.3, -0.25) is 29.0 Å². The van der Waals surface area contributed by atoms with Gasteiger partial charge in [0.2, 0.25) is 23.6 Å². The Hall–Kier alpha value is -3.30. The second-order valence-corrected chi connectivity index (χ2v) is 11.6. The first-order chi connectivity index (χ1) is 20.0. The summed E-state index contributed by atoms with van der Waals surface area (Å²) in [6, 6.07) is -5.69. The SMILES string of the molecule is CCCC(=O)[C@H](CCCN=C(N)N)NC(=O)[C@H](CC(C)C)NC(=O)[C@H](CO)NC(=O)[C@H](CC(C)C)NC(=O)[C@@H](N)[C@@H](C)O. The van der Waals surface area contributed by atoms with Gasteiger partial charge in [0.05, 0.1) is 18.8 Å². The fourth-order valence-electron chi connectivity index (χ4n) is 4.14. The Kier molecular flexibility index (Phi) is 19.0. The Bertz CT molecular complexity index is 938. The van der Waals surface area contributed by atoms with Crippen LogP contribution in [0, 0.1) is 11.8 Å². The number of aliphatic hydroxyl groups is 2. The smallest absolute Gasteiger partial charge is 0.245 e. The number of nitrogens with two attached hydrogens (primary N) is 3. The van der Waals surface area contributed by atoms with Gasteiger partial charge in [-0.15, -0.1) is 0 Å². The van der Waals surface area contributed by atoms with Crippen LogP contribution in [0.1, 0.15) is 80.1 Å². The normalized spacial score (nSPS) is 15.4. The van der Waals surface area contributed by atoms with Crippen LogP contribution >= 0.6 is 0 Å². The Labute approximate surface area is 254 Å². The molecule has 0 spiro atoms. The molecule has 15 nitrogen and oxygen atoms in total. The van der Waals surface area contributed by atoms with E-state index in [2.05, 4.69) is 26.3 Å². The highest BCUT2D eigenvalue weighted by Crippen LogP contribution is 2.10. The molecule has 0 bridgehead atoms. The molecule has 0 saturated carbocycles. The minimum atomic E-state index is -1.44. The van der Waals surface area contributed by atoms with Crippen molar-refractivity contribution in [3.05, 3.63) is 0 Å². The Balaban J connectivity index is 5.71. The summed E-state index contributed by atoms with van der Waals surface area (Å²) in [5.74, 6) is -3.22. The molecule has 43 heavy (non-hydrogen) atoms. The van der Waals surface area contributed by atoms with Crippen molar-refractivity contribution < 1.29 is 34.2 Å². The highest BCUT2D eigenvalue weighted by atomic mass is 16.3. The van der Waals surface area contributed by atoms with E-state index < -0.39 is 66.5 Å². The van der Waals surface area contributed by atoms with Crippen molar-refractivity contribution >= 4 is 35.4 Å². The Morgan fingerprint density at radius 3 is 1.60 bits per heavy atom. The van der Waals surface area contributed by atoms with Gasteiger partial charge in [0.25, 0.3) is 0 Å². The molecule has 0 fully saturated rings. The van der Waals surface area contributed by atoms with Gasteiger partial charge < -0.3 is 48.7 Å². The number of nitrogens with one attached hydrogen (secondary N) is 4. The molecule has 0 aromatic carbocycles. The lowest BCUT2D eigenvalue weighted by Crippen LogP contribution is -2.60. The molecule has 0 aromatic rings. The van der Waals surface area contributed by atoms with Crippen molar-refractivity contribution in [3.8, 4) is 0 Å². The molecule has 0 aliphatic carbocycles. The number of aliphatic imine (C=N–C) groups is 1. The van der Waals surface area contributed by atoms with E-state index in [1.807, 2.05) is 34.6 Å². The third kappa shape index (κ3) is 16.2. The number of nitrogens with zero attached hydrogens (tertiary/aromatic N) is 1. The predicted octanol–water partition coefficient (Wildman–Crippen LogP) is -1.86. The molecule has 12 N–H and O–H groups in total. The number of amides is 4. The standard InChI is InChI=1S/C28H54N8O7/c1-7-9-22(39)18(10-8-11-32-28(30)31)33-24(40)19(12-15(2)3)34-26(42)21(14-37)36-25(41)20(13-16(4)5)35-27(43)23(29)17(6)38/h15-21,23,37-38H,7-14,29H2,1-6H3,(H,33,40)(H,34,42)(H,35,43)(H,36,41)(H4,30,31,32)/t17-,18+,19+,20+,21+,23+/m1/s1. The van der Waals surface area contributed by atoms with Crippen LogP contribution in [0.2, 0.25) is 0 Å². The lowest BCUT2D eigenvalue weighted by molar-refractivity contribution is -0.135. The largest absolute Gasteiger partial charge is 0.394 e. The average Bonchev–Trinajstić information content (AvgIpc) is 2.90. The Morgan fingerprint density at radius 1 is 0.744 bits per heavy atom. The molecule has 0 aliphatic heterocycles. The maximum Gasteiger partial charge on any atom is 0.245 e. The van der Waals surface area contributed by atoms with E-state index in [1.54, 1.807) is 0 Å². The Morgan fingerprint density at radius 2 is 1.19 bits per heavy atom. The first-order valence-corrected chi connectivity index (χ1v) is 14.9. The minimum absolute atomic E-state index is 0.0337. The van der Waals surface area contributed by atoms with Crippen LogP contribution in [0.25, 0.3) is 0 Å². The van der Waals surface area contributed by atoms with Crippen molar-refractivity contribution in [1.82, 2.24) is 21.3 Å². The molecule has 0 radical (unpaired) electrons. The van der Waals surface area contributed by atoms with E-state index in [1.165, 1.54) is 6.92 Å². The summed E-state index contributed by atoms with van der Waals surface area (Å²) in [6.07, 6.45) is 0.830. The summed E-state index contributed by atoms with van der Waals surface area (Å²) >= 11 is 0. The topological polar surface area (TPSA) is 264 Å². The van der Waals surface area contributed by atoms with Crippen molar-refractivity contribution in [2.45, 2.75) is 116 Å². The number of rotatable bonds is 21. The number of hydrogen-bond acceptors (Lipinski definition) is 9. The number of aliphatic hydroxyl groups excluding tert-OH is 2. The first kappa shape index (κ1) is 39.7. The van der Waals surface area contributed by atoms with E-state index >= 15 is 0 Å². The van der Waals surface area contributed by atoms with Crippen LogP contribution < -0.4 is 38.5 Å². The fraction of sp³-hybridized carbons (Fsp3) is 0.786. The fourth-order valence-corrected chi connectivity index (χ4v) is 4.14. The van der Waals surface area contributed by atoms with Crippen LogP contribution in [0.5, 0.6) is 0 Å². The molecule has 0 aliphatic rings. The van der Waals surface area contributed by atoms with Crippen molar-refractivity contribution in [1.29, 1.82) is 0 Å². The first-order valence-electron chi connectivity index (χ1n) is 14.9. The van der Waals surface area contributed by atoms with Crippen LogP contribution in [0.4, 0.5) is 0 Å². The van der Waals surface area contributed by atoms with E-state index in [4.69, 9.17) is 17.2 Å². The number of carbonyl (C=O) groups is 5. The summed E-state index contributed by atoms with van der Waals surface area (Å²) in [5.41, 5.74) is 16.4. The van der Waals surface area contributed by atoms with Crippen LogP contribution in [0.15, 0.2) is 4.99 Å². The molecule has 0 heterocycles. The molecular formula is C28H54N8O7. The van der Waals surface area contributed by atoms with Crippen LogP contribution in [0.3, 0.4) is 0 Å². The molecule has 4 amide bonds. The lowest BCUT2D eigenvalue weighted by Gasteiger charge is -2.27. The summed E-state index contributed by atoms with van der Waals surface area (Å²) in [5, 5.41) is 29.8. The van der Waals surface area contributed by atoms with Gasteiger partial charge in [-0.25, -0.2) is 0 Å². The third-order valence-corrected chi connectivity index (χ3v) is 6.47. The van der Waals surface area contributed by atoms with Gasteiger partial charge in [0, 0.05) is 13.0 Å². The second-order valence-electron chi connectivity index (χ2n) is 11.6. The number of hydrogen-bond donors (Lipinski definition) is 9. The number of guanidine groups is 1. The molecule has 0 rings (SSSR count). The molecule has 0 saturated heterocycles. The molecule has 15 heteroatoms. The van der Waals surface area contributed by atoms with Crippen LogP contribution in [-0.4, -0.2) is 95.0 Å². The molecular weight excluding hydrogens is 560 g/mol. The maximum absolute atomic E-state index is 13.3. The zero-order valence-corrected chi connectivity index (χ0v) is 26.4. The van der Waals surface area contributed by atoms with Gasteiger partial charge in [-0.1, -0.05) is 34.6 Å². The molecule has 0 aromatic heterocycles. The molecule has 0 unspecified atom stereocenters. The zero-order valence-electron chi connectivity index (χ0n) is 26.4. The summed E-state index contributed by atoms with van der Waals surface area (Å²) in [4.78, 5) is 68.5. The van der Waals surface area contributed by atoms with E-state index in [0.717, 1.165) is 0 Å². The van der Waals surface area contributed by atoms with E-state index in [9.17, 15) is 34.2 Å². The van der Waals surface area contributed by atoms with Crippen molar-refractivity contribution in [3.63, 3.8) is 0 Å². The van der Waals surface area contributed by atoms with E-state index in [0.29, 0.717) is 19.3 Å². The predicted molar refractivity (Wildman–Crippen MR) is 163 cm³/mol. The third-order valence-electron chi connectivity index (χ3n) is 6.47. The minimum Gasteiger partial charge on any atom is -0.394 e. The second kappa shape index (κ2) is 20.6. The number of ketones is 1. The highest BCUT2D eigenvalue weighted by molar-refractivity contribution is 5.96. The zero-order chi connectivity index (χ0) is 33.3.